The Bertz CT molecular complexity index is 585. The quantitative estimate of drug-likeness (QED) is 0.432. The van der Waals surface area contributed by atoms with E-state index >= 15 is 0 Å². The van der Waals surface area contributed by atoms with Crippen LogP contribution in [-0.4, -0.2) is 12.6 Å². The molecule has 166 valence electrons. The molecule has 0 amide bonds. The molecule has 4 saturated carbocycles. The molecule has 4 aliphatic carbocycles. The van der Waals surface area contributed by atoms with Gasteiger partial charge in [-0.2, -0.15) is 0 Å². The number of fused-ring (bicyclic) bond motifs is 5. The van der Waals surface area contributed by atoms with Crippen LogP contribution in [-0.2, 0) is 9.53 Å². The third-order valence-electron chi connectivity index (χ3n) is 10.7. The second-order valence-corrected chi connectivity index (χ2v) is 11.7. The largest absolute Gasteiger partial charge is 0.466 e. The summed E-state index contributed by atoms with van der Waals surface area (Å²) in [6.07, 6.45) is 17.6. The molecule has 8 atom stereocenters. The first-order valence-corrected chi connectivity index (χ1v) is 13.1. The maximum atomic E-state index is 11.8. The fourth-order valence-electron chi connectivity index (χ4n) is 9.33. The maximum Gasteiger partial charge on any atom is 0.305 e. The van der Waals surface area contributed by atoms with Crippen LogP contribution >= 0.6 is 0 Å². The van der Waals surface area contributed by atoms with Gasteiger partial charge in [0.2, 0.25) is 0 Å². The third-order valence-corrected chi connectivity index (χ3v) is 10.7. The lowest BCUT2D eigenvalue weighted by atomic mass is 9.42. The predicted octanol–water partition coefficient (Wildman–Crippen LogP) is 7.40. The molecule has 0 aromatic rings. The van der Waals surface area contributed by atoms with E-state index < -0.39 is 0 Å². The molecule has 0 N–H and O–H groups in total. The van der Waals surface area contributed by atoms with E-state index in [2.05, 4.69) is 20.8 Å². The van der Waals surface area contributed by atoms with E-state index in [1.165, 1.54) is 70.6 Å². The zero-order valence-corrected chi connectivity index (χ0v) is 19.7. The van der Waals surface area contributed by atoms with Gasteiger partial charge >= 0.3 is 5.97 Å². The standard InChI is InChI=1S/C27H46O2/c1-5-19-18-21-23-14-13-20(10-9-12-25(28)29-6-2)26(23,3)17-15-24(21)27(4)16-8-7-11-22(19)27/h19-24H,5-18H2,1-4H3/t19-,20-,21-,22-,23?,24-,26+,27-/m0/s1. The van der Waals surface area contributed by atoms with Gasteiger partial charge in [-0.1, -0.05) is 40.0 Å². The average Bonchev–Trinajstić information content (AvgIpc) is 3.04. The molecule has 0 aliphatic heterocycles. The predicted molar refractivity (Wildman–Crippen MR) is 119 cm³/mol. The summed E-state index contributed by atoms with van der Waals surface area (Å²) in [5.41, 5.74) is 1.16. The number of ether oxygens (including phenoxy) is 1. The normalized spacial score (nSPS) is 46.5. The molecular formula is C27H46O2. The first-order valence-electron chi connectivity index (χ1n) is 13.1. The van der Waals surface area contributed by atoms with Crippen LogP contribution in [0.3, 0.4) is 0 Å². The number of carbonyl (C=O) groups is 1. The van der Waals surface area contributed by atoms with E-state index in [0.29, 0.717) is 23.9 Å². The Morgan fingerprint density at radius 3 is 2.48 bits per heavy atom. The summed E-state index contributed by atoms with van der Waals surface area (Å²) in [4.78, 5) is 11.8. The van der Waals surface area contributed by atoms with Crippen LogP contribution in [0.4, 0.5) is 0 Å². The van der Waals surface area contributed by atoms with E-state index in [1.54, 1.807) is 0 Å². The molecule has 0 heterocycles. The van der Waals surface area contributed by atoms with Crippen LogP contribution in [0.15, 0.2) is 0 Å². The van der Waals surface area contributed by atoms with Gasteiger partial charge in [0.05, 0.1) is 6.61 Å². The number of carbonyl (C=O) groups excluding carboxylic acids is 1. The summed E-state index contributed by atoms with van der Waals surface area (Å²) in [7, 11) is 0. The molecule has 29 heavy (non-hydrogen) atoms. The Kier molecular flexibility index (Phi) is 6.39. The van der Waals surface area contributed by atoms with E-state index in [4.69, 9.17) is 4.74 Å². The highest BCUT2D eigenvalue weighted by Crippen LogP contribution is 2.69. The molecule has 4 fully saturated rings. The Hall–Kier alpha value is -0.530. The minimum atomic E-state index is 0.00485. The van der Waals surface area contributed by atoms with Crippen molar-refractivity contribution in [3.8, 4) is 0 Å². The monoisotopic (exact) mass is 402 g/mol. The van der Waals surface area contributed by atoms with Crippen LogP contribution in [0.25, 0.3) is 0 Å². The lowest BCUT2D eigenvalue weighted by Gasteiger charge is -2.62. The Morgan fingerprint density at radius 2 is 1.72 bits per heavy atom. The fraction of sp³-hybridized carbons (Fsp3) is 0.963. The first-order chi connectivity index (χ1) is 13.9. The summed E-state index contributed by atoms with van der Waals surface area (Å²) in [5.74, 6) is 5.74. The third kappa shape index (κ3) is 3.69. The molecule has 4 rings (SSSR count). The minimum absolute atomic E-state index is 0.00485. The van der Waals surface area contributed by atoms with Crippen molar-refractivity contribution in [1.82, 2.24) is 0 Å². The highest BCUT2D eigenvalue weighted by atomic mass is 16.5. The minimum Gasteiger partial charge on any atom is -0.466 e. The van der Waals surface area contributed by atoms with Crippen LogP contribution in [0.2, 0.25) is 0 Å². The fourth-order valence-corrected chi connectivity index (χ4v) is 9.33. The summed E-state index contributed by atoms with van der Waals surface area (Å²) in [5, 5.41) is 0. The highest BCUT2D eigenvalue weighted by Gasteiger charge is 2.60. The van der Waals surface area contributed by atoms with Gasteiger partial charge in [-0.05, 0) is 111 Å². The molecule has 4 aliphatic rings. The van der Waals surface area contributed by atoms with Gasteiger partial charge in [0.25, 0.3) is 0 Å². The van der Waals surface area contributed by atoms with Crippen molar-refractivity contribution >= 4 is 5.97 Å². The lowest BCUT2D eigenvalue weighted by Crippen LogP contribution is -2.55. The summed E-state index contributed by atoms with van der Waals surface area (Å²) >= 11 is 0. The topological polar surface area (TPSA) is 26.3 Å². The van der Waals surface area contributed by atoms with Gasteiger partial charge in [-0.15, -0.1) is 0 Å². The molecule has 0 aromatic heterocycles. The van der Waals surface area contributed by atoms with Crippen LogP contribution in [0, 0.1) is 46.3 Å². The van der Waals surface area contributed by atoms with Gasteiger partial charge in [-0.25, -0.2) is 0 Å². The van der Waals surface area contributed by atoms with Crippen molar-refractivity contribution in [2.24, 2.45) is 46.3 Å². The van der Waals surface area contributed by atoms with E-state index in [0.717, 1.165) is 41.9 Å². The van der Waals surface area contributed by atoms with Crippen molar-refractivity contribution in [3.63, 3.8) is 0 Å². The van der Waals surface area contributed by atoms with Gasteiger partial charge in [0.15, 0.2) is 0 Å². The molecule has 0 aromatic carbocycles. The maximum absolute atomic E-state index is 11.8. The van der Waals surface area contributed by atoms with Crippen molar-refractivity contribution in [3.05, 3.63) is 0 Å². The van der Waals surface area contributed by atoms with Crippen molar-refractivity contribution < 1.29 is 9.53 Å². The van der Waals surface area contributed by atoms with Gasteiger partial charge in [0.1, 0.15) is 0 Å². The lowest BCUT2D eigenvalue weighted by molar-refractivity contribution is -0.143. The average molecular weight is 403 g/mol. The number of rotatable bonds is 6. The number of hydrogen-bond acceptors (Lipinski definition) is 2. The molecule has 0 bridgehead atoms. The number of hydrogen-bond donors (Lipinski definition) is 0. The van der Waals surface area contributed by atoms with E-state index in [9.17, 15) is 4.79 Å². The zero-order chi connectivity index (χ0) is 20.6. The van der Waals surface area contributed by atoms with E-state index in [1.807, 2.05) is 6.92 Å². The van der Waals surface area contributed by atoms with E-state index in [-0.39, 0.29) is 5.97 Å². The Morgan fingerprint density at radius 1 is 0.931 bits per heavy atom. The smallest absolute Gasteiger partial charge is 0.305 e. The van der Waals surface area contributed by atoms with Crippen molar-refractivity contribution in [1.29, 1.82) is 0 Å². The van der Waals surface area contributed by atoms with Gasteiger partial charge in [-0.3, -0.25) is 4.79 Å². The second kappa shape index (κ2) is 8.54. The Labute approximate surface area is 179 Å². The van der Waals surface area contributed by atoms with Crippen LogP contribution in [0.5, 0.6) is 0 Å². The second-order valence-electron chi connectivity index (χ2n) is 11.7. The molecule has 2 heteroatoms. The summed E-state index contributed by atoms with van der Waals surface area (Å²) in [6, 6.07) is 0. The summed E-state index contributed by atoms with van der Waals surface area (Å²) < 4.78 is 5.16. The first kappa shape index (κ1) is 21.7. The van der Waals surface area contributed by atoms with Crippen LogP contribution < -0.4 is 0 Å². The molecule has 0 saturated heterocycles. The molecule has 0 radical (unpaired) electrons. The summed E-state index contributed by atoms with van der Waals surface area (Å²) in [6.45, 7) is 10.2. The number of esters is 1. The Balaban J connectivity index is 1.46. The van der Waals surface area contributed by atoms with Gasteiger partial charge in [0, 0.05) is 6.42 Å². The molecule has 1 unspecified atom stereocenters. The van der Waals surface area contributed by atoms with Crippen molar-refractivity contribution in [2.45, 2.75) is 111 Å². The van der Waals surface area contributed by atoms with Crippen LogP contribution in [0.1, 0.15) is 111 Å². The highest BCUT2D eigenvalue weighted by molar-refractivity contribution is 5.69. The molecule has 0 spiro atoms. The zero-order valence-electron chi connectivity index (χ0n) is 19.7. The SMILES string of the molecule is CCOC(=O)CCC[C@H]1CCC2[C@@H]3C[C@H](CC)[C@@H]4CCCC[C@]4(C)[C@H]3CC[C@@]21C. The molecule has 2 nitrogen and oxygen atoms in total. The molecular weight excluding hydrogens is 356 g/mol. The van der Waals surface area contributed by atoms with Gasteiger partial charge < -0.3 is 4.74 Å². The van der Waals surface area contributed by atoms with Crippen molar-refractivity contribution in [2.75, 3.05) is 6.61 Å².